The number of hydrogen-bond donors (Lipinski definition) is 0. The van der Waals surface area contributed by atoms with Crippen LogP contribution in [0.15, 0.2) is 16.2 Å². The molecule has 0 fully saturated rings. The highest BCUT2D eigenvalue weighted by Crippen LogP contribution is 2.44. The van der Waals surface area contributed by atoms with Gasteiger partial charge in [-0.1, -0.05) is 49.1 Å². The Morgan fingerprint density at radius 1 is 1.45 bits per heavy atom. The molecule has 20 heavy (non-hydrogen) atoms. The number of anilines is 1. The first-order chi connectivity index (χ1) is 9.10. The summed E-state index contributed by atoms with van der Waals surface area (Å²) in [7, 11) is 0. The fraction of sp³-hybridized carbons (Fsp3) is 0.462. The van der Waals surface area contributed by atoms with Crippen LogP contribution in [0.2, 0.25) is 0 Å². The van der Waals surface area contributed by atoms with Gasteiger partial charge in [-0.25, -0.2) is 0 Å². The summed E-state index contributed by atoms with van der Waals surface area (Å²) in [5.74, 6) is -0.00484. The summed E-state index contributed by atoms with van der Waals surface area (Å²) in [5, 5.41) is 13.2. The fourth-order valence-electron chi connectivity index (χ4n) is 1.94. The van der Waals surface area contributed by atoms with E-state index in [0.717, 1.165) is 4.90 Å². The van der Waals surface area contributed by atoms with Gasteiger partial charge in [-0.3, -0.25) is 9.69 Å². The number of nitriles is 1. The van der Waals surface area contributed by atoms with Crippen LogP contribution in [0.25, 0.3) is 0 Å². The van der Waals surface area contributed by atoms with Crippen molar-refractivity contribution in [3.63, 3.8) is 0 Å². The van der Waals surface area contributed by atoms with Crippen LogP contribution >= 0.6 is 23.2 Å². The maximum Gasteiger partial charge on any atom is 0.255 e. The summed E-state index contributed by atoms with van der Waals surface area (Å²) in [6.07, 6.45) is 1.31. The first kappa shape index (κ1) is 14.9. The van der Waals surface area contributed by atoms with E-state index in [1.165, 1.54) is 6.08 Å². The average Bonchev–Trinajstić information content (AvgIpc) is 2.78. The van der Waals surface area contributed by atoms with Crippen LogP contribution in [0.3, 0.4) is 0 Å². The first-order valence-electron chi connectivity index (χ1n) is 5.91. The lowest BCUT2D eigenvalue weighted by Crippen LogP contribution is -2.40. The molecule has 0 aliphatic carbocycles. The molecule has 2 rings (SSSR count). The van der Waals surface area contributed by atoms with Crippen molar-refractivity contribution in [1.82, 2.24) is 5.16 Å². The van der Waals surface area contributed by atoms with Crippen LogP contribution in [-0.2, 0) is 10.2 Å². The molecule has 0 saturated carbocycles. The molecule has 0 saturated heterocycles. The number of alkyl halides is 2. The summed E-state index contributed by atoms with van der Waals surface area (Å²) in [6.45, 7) is 7.26. The van der Waals surface area contributed by atoms with Crippen LogP contribution < -0.4 is 4.90 Å². The highest BCUT2D eigenvalue weighted by molar-refractivity contribution is 6.54. The van der Waals surface area contributed by atoms with Gasteiger partial charge in [-0.2, -0.15) is 5.26 Å². The molecule has 5 nitrogen and oxygen atoms in total. The van der Waals surface area contributed by atoms with Gasteiger partial charge in [0.15, 0.2) is 11.6 Å². The van der Waals surface area contributed by atoms with Gasteiger partial charge in [0.1, 0.15) is 11.6 Å². The van der Waals surface area contributed by atoms with Crippen molar-refractivity contribution in [1.29, 1.82) is 5.26 Å². The maximum atomic E-state index is 12.0. The monoisotopic (exact) mass is 313 g/mol. The number of carbonyl (C=O) groups is 1. The topological polar surface area (TPSA) is 70.1 Å². The Morgan fingerprint density at radius 3 is 2.45 bits per heavy atom. The Bertz CT molecular complexity index is 648. The lowest BCUT2D eigenvalue weighted by atomic mass is 9.90. The molecule has 1 aromatic rings. The Kier molecular flexibility index (Phi) is 3.35. The van der Waals surface area contributed by atoms with E-state index in [2.05, 4.69) is 5.16 Å². The molecule has 1 aliphatic heterocycles. The van der Waals surface area contributed by atoms with Gasteiger partial charge in [0.2, 0.25) is 4.46 Å². The molecule has 7 heteroatoms. The van der Waals surface area contributed by atoms with Crippen molar-refractivity contribution in [2.24, 2.45) is 0 Å². The van der Waals surface area contributed by atoms with Crippen LogP contribution in [0.5, 0.6) is 0 Å². The van der Waals surface area contributed by atoms with E-state index in [1.807, 2.05) is 26.8 Å². The Labute approximate surface area is 126 Å². The van der Waals surface area contributed by atoms with Crippen molar-refractivity contribution in [2.45, 2.75) is 37.6 Å². The Morgan fingerprint density at radius 2 is 2.05 bits per heavy atom. The molecule has 0 radical (unpaired) electrons. The van der Waals surface area contributed by atoms with E-state index in [4.69, 9.17) is 27.7 Å². The third kappa shape index (κ3) is 2.09. The van der Waals surface area contributed by atoms with E-state index >= 15 is 0 Å². The summed E-state index contributed by atoms with van der Waals surface area (Å²) in [4.78, 5) is 13.1. The van der Waals surface area contributed by atoms with Gasteiger partial charge in [0.25, 0.3) is 5.91 Å². The van der Waals surface area contributed by atoms with Crippen molar-refractivity contribution in [3.8, 4) is 6.07 Å². The van der Waals surface area contributed by atoms with Crippen molar-refractivity contribution < 1.29 is 9.32 Å². The lowest BCUT2D eigenvalue weighted by molar-refractivity contribution is -0.113. The van der Waals surface area contributed by atoms with Crippen molar-refractivity contribution in [2.75, 3.05) is 4.90 Å². The van der Waals surface area contributed by atoms with Gasteiger partial charge >= 0.3 is 0 Å². The second-order valence-corrected chi connectivity index (χ2v) is 6.90. The molecule has 2 heterocycles. The minimum atomic E-state index is -1.56. The molecule has 1 aliphatic rings. The van der Waals surface area contributed by atoms with E-state index in [0.29, 0.717) is 11.3 Å². The SMILES string of the molecule is CC1=CC(=O)N(c2noc(C(C)(C)C)c2C#N)C1(Cl)Cl. The Hall–Kier alpha value is -1.51. The highest BCUT2D eigenvalue weighted by atomic mass is 35.5. The zero-order chi connectivity index (χ0) is 15.3. The van der Waals surface area contributed by atoms with Crippen LogP contribution in [0.1, 0.15) is 39.0 Å². The van der Waals surface area contributed by atoms with E-state index in [9.17, 15) is 10.1 Å². The molecule has 0 aromatic carbocycles. The molecule has 0 unspecified atom stereocenters. The number of rotatable bonds is 1. The predicted octanol–water partition coefficient (Wildman–Crippen LogP) is 3.27. The molecule has 0 spiro atoms. The predicted molar refractivity (Wildman–Crippen MR) is 75.6 cm³/mol. The summed E-state index contributed by atoms with van der Waals surface area (Å²) < 4.78 is 3.67. The standard InChI is InChI=1S/C13H13Cl2N3O2/c1-7-5-9(19)18(13(7,14)15)11-8(6-16)10(20-17-11)12(2,3)4/h5H,1-4H3. The molecular weight excluding hydrogens is 301 g/mol. The molecule has 0 atom stereocenters. The molecule has 0 N–H and O–H groups in total. The minimum absolute atomic E-state index is 0.0422. The second kappa shape index (κ2) is 4.51. The first-order valence-corrected chi connectivity index (χ1v) is 6.67. The highest BCUT2D eigenvalue weighted by Gasteiger charge is 2.47. The number of hydrogen-bond acceptors (Lipinski definition) is 4. The minimum Gasteiger partial charge on any atom is -0.357 e. The number of nitrogens with zero attached hydrogens (tertiary/aromatic N) is 3. The molecule has 0 bridgehead atoms. The van der Waals surface area contributed by atoms with Gasteiger partial charge in [-0.05, 0) is 12.5 Å². The molecular formula is C13H13Cl2N3O2. The third-order valence-electron chi connectivity index (χ3n) is 2.99. The molecule has 1 amide bonds. The van der Waals surface area contributed by atoms with E-state index in [1.54, 1.807) is 6.92 Å². The number of carbonyl (C=O) groups excluding carboxylic acids is 1. The normalized spacial score (nSPS) is 18.1. The van der Waals surface area contributed by atoms with Crippen LogP contribution in [0.4, 0.5) is 5.82 Å². The average molecular weight is 314 g/mol. The zero-order valence-corrected chi connectivity index (χ0v) is 13.0. The fourth-order valence-corrected chi connectivity index (χ4v) is 2.37. The largest absolute Gasteiger partial charge is 0.357 e. The lowest BCUT2D eigenvalue weighted by Gasteiger charge is -2.26. The van der Waals surface area contributed by atoms with Gasteiger partial charge in [-0.15, -0.1) is 0 Å². The van der Waals surface area contributed by atoms with Gasteiger partial charge in [0, 0.05) is 11.5 Å². The van der Waals surface area contributed by atoms with Gasteiger partial charge < -0.3 is 4.52 Å². The van der Waals surface area contributed by atoms with Crippen molar-refractivity contribution >= 4 is 34.9 Å². The zero-order valence-electron chi connectivity index (χ0n) is 11.5. The van der Waals surface area contributed by atoms with Gasteiger partial charge in [0.05, 0.1) is 0 Å². The second-order valence-electron chi connectivity index (χ2n) is 5.61. The maximum absolute atomic E-state index is 12.0. The van der Waals surface area contributed by atoms with Crippen LogP contribution in [-0.4, -0.2) is 15.5 Å². The Balaban J connectivity index is 2.60. The number of aromatic nitrogens is 1. The summed E-state index contributed by atoms with van der Waals surface area (Å²) in [5.41, 5.74) is 0.206. The number of halogens is 2. The van der Waals surface area contributed by atoms with Crippen LogP contribution in [0, 0.1) is 11.3 Å². The van der Waals surface area contributed by atoms with Crippen molar-refractivity contribution in [3.05, 3.63) is 23.0 Å². The smallest absolute Gasteiger partial charge is 0.255 e. The number of amides is 1. The van der Waals surface area contributed by atoms with E-state index < -0.39 is 15.8 Å². The molecule has 106 valence electrons. The summed E-state index contributed by atoms with van der Waals surface area (Å²) >= 11 is 12.4. The summed E-state index contributed by atoms with van der Waals surface area (Å²) in [6, 6.07) is 2.01. The quantitative estimate of drug-likeness (QED) is 0.589. The molecule has 1 aromatic heterocycles. The van der Waals surface area contributed by atoms with E-state index in [-0.39, 0.29) is 11.4 Å². The third-order valence-corrected chi connectivity index (χ3v) is 3.93.